The summed E-state index contributed by atoms with van der Waals surface area (Å²) in [6.07, 6.45) is 4.29. The maximum atomic E-state index is 11.1. The second-order valence-electron chi connectivity index (χ2n) is 7.55. The van der Waals surface area contributed by atoms with Crippen LogP contribution in [0.5, 0.6) is 0 Å². The molecule has 0 spiro atoms. The van der Waals surface area contributed by atoms with Crippen LogP contribution in [-0.2, 0) is 15.2 Å². The molecule has 8 N–H and O–H groups in total. The van der Waals surface area contributed by atoms with Gasteiger partial charge in [0.1, 0.15) is 6.10 Å². The molecule has 9 nitrogen and oxygen atoms in total. The highest BCUT2D eigenvalue weighted by Gasteiger charge is 2.66. The summed E-state index contributed by atoms with van der Waals surface area (Å²) in [6, 6.07) is 6.37. The van der Waals surface area contributed by atoms with Crippen LogP contribution in [0.4, 0.5) is 0 Å². The number of halogens is 2. The average Bonchev–Trinajstić information content (AvgIpc) is 3.10. The standard InChI is InChI=1S/C14H13BrClNO7.C6H13N/c15-13(23,11(20)21)14(16,24)12(22,10(19)6-18)9-5-7-3-1-2-4-8(7)17-9;7-6-4-2-1-3-5-6/h1-6,10,17,19,22-24H,(H,20,21);6H,1-5,7H2/t10-,12+,13+,14-;/m0./s1/i5D;. The van der Waals surface area contributed by atoms with Crippen LogP contribution in [0, 0.1) is 0 Å². The van der Waals surface area contributed by atoms with Crippen molar-refractivity contribution in [1.82, 2.24) is 4.98 Å². The van der Waals surface area contributed by atoms with Crippen LogP contribution in [0.3, 0.4) is 0 Å². The summed E-state index contributed by atoms with van der Waals surface area (Å²) in [5.41, 5.74) is 0.241. The molecule has 1 aromatic carbocycles. The molecule has 4 atom stereocenters. The summed E-state index contributed by atoms with van der Waals surface area (Å²) < 4.78 is 4.59. The number of aldehydes is 1. The van der Waals surface area contributed by atoms with Crippen molar-refractivity contribution in [2.75, 3.05) is 0 Å². The number of quaternary nitrogens is 1. The van der Waals surface area contributed by atoms with Gasteiger partial charge in [-0.25, -0.2) is 0 Å². The lowest BCUT2D eigenvalue weighted by Gasteiger charge is -2.46. The minimum atomic E-state index is -3.63. The normalized spacial score (nSPS) is 22.1. The molecule has 0 unspecified atom stereocenters. The predicted octanol–water partition coefficient (Wildman–Crippen LogP) is -0.763. The topological polar surface area (TPSA) is 182 Å². The molecule has 1 aromatic heterocycles. The number of nitrogens with one attached hydrogen (secondary N) is 1. The summed E-state index contributed by atoms with van der Waals surface area (Å²) in [4.78, 5) is 24.7. The third kappa shape index (κ3) is 4.95. The number of benzene rings is 1. The number of fused-ring (bicyclic) bond motifs is 1. The van der Waals surface area contributed by atoms with Gasteiger partial charge in [0.25, 0.3) is 0 Å². The number of aliphatic hydroxyl groups is 4. The van der Waals surface area contributed by atoms with Gasteiger partial charge < -0.3 is 45.8 Å². The Morgan fingerprint density at radius 2 is 1.90 bits per heavy atom. The van der Waals surface area contributed by atoms with E-state index in [-0.39, 0.29) is 17.2 Å². The predicted molar refractivity (Wildman–Crippen MR) is 114 cm³/mol. The summed E-state index contributed by atoms with van der Waals surface area (Å²) in [5.74, 6) is -2.36. The smallest absolute Gasteiger partial charge is 0.220 e. The first kappa shape index (κ1) is 24.1. The largest absolute Gasteiger partial charge is 0.546 e. The number of rotatable bonds is 6. The quantitative estimate of drug-likeness (QED) is 0.213. The molecule has 1 aliphatic rings. The van der Waals surface area contributed by atoms with Crippen LogP contribution in [0.2, 0.25) is 0 Å². The third-order valence-electron chi connectivity index (χ3n) is 5.32. The van der Waals surface area contributed by atoms with E-state index in [0.717, 1.165) is 6.04 Å². The van der Waals surface area contributed by atoms with Crippen LogP contribution in [0.25, 0.3) is 10.9 Å². The van der Waals surface area contributed by atoms with Crippen molar-refractivity contribution in [3.05, 3.63) is 36.0 Å². The number of H-pyrrole nitrogens is 1. The van der Waals surface area contributed by atoms with Crippen LogP contribution in [0.15, 0.2) is 30.3 Å². The van der Waals surface area contributed by atoms with E-state index in [1.165, 1.54) is 44.2 Å². The van der Waals surface area contributed by atoms with E-state index >= 15 is 0 Å². The second kappa shape index (κ2) is 9.95. The molecule has 172 valence electrons. The third-order valence-corrected chi connectivity index (χ3v) is 7.01. The number of para-hydroxylation sites is 1. The van der Waals surface area contributed by atoms with Gasteiger partial charge in [0.2, 0.25) is 9.57 Å². The molecule has 1 fully saturated rings. The SMILES string of the molecule is [2H]c1c([C@@](O)([C@@H](O)C=O)[C@@](O)(Cl)[C@@](O)(Br)C(=O)[O-])[nH]c2ccccc12.[NH3+]C1CCCCC1. The number of aromatic nitrogens is 1. The number of hydrogen-bond acceptors (Lipinski definition) is 7. The van der Waals surface area contributed by atoms with E-state index < -0.39 is 39.0 Å². The van der Waals surface area contributed by atoms with Crippen molar-refractivity contribution in [2.45, 2.75) is 59.4 Å². The molecule has 0 amide bonds. The minimum Gasteiger partial charge on any atom is -0.546 e. The molecule has 3 rings (SSSR count). The van der Waals surface area contributed by atoms with Crippen molar-refractivity contribution < 1.29 is 42.2 Å². The van der Waals surface area contributed by atoms with Crippen LogP contribution >= 0.6 is 27.5 Å². The van der Waals surface area contributed by atoms with E-state index in [2.05, 4.69) is 26.6 Å². The first-order chi connectivity index (χ1) is 14.8. The first-order valence-corrected chi connectivity index (χ1v) is 10.8. The van der Waals surface area contributed by atoms with E-state index in [1.807, 2.05) is 0 Å². The molecule has 1 saturated carbocycles. The maximum Gasteiger partial charge on any atom is 0.220 e. The number of carboxylic acid groups (broad SMARTS) is 1. The Morgan fingerprint density at radius 1 is 1.32 bits per heavy atom. The average molecular weight is 523 g/mol. The lowest BCUT2D eigenvalue weighted by atomic mass is 9.83. The second-order valence-corrected chi connectivity index (χ2v) is 9.25. The number of aromatic amines is 1. The fraction of sp³-hybridized carbons (Fsp3) is 0.500. The van der Waals surface area contributed by atoms with Gasteiger partial charge in [-0.2, -0.15) is 0 Å². The van der Waals surface area contributed by atoms with Gasteiger partial charge in [-0.15, -0.1) is 0 Å². The zero-order valence-electron chi connectivity index (χ0n) is 17.6. The van der Waals surface area contributed by atoms with Crippen LogP contribution < -0.4 is 10.8 Å². The number of aliphatic hydroxyl groups excluding tert-OH is 1. The van der Waals surface area contributed by atoms with Gasteiger partial charge in [-0.05, 0) is 59.1 Å². The molecule has 2 aromatic rings. The fourth-order valence-corrected chi connectivity index (χ4v) is 3.96. The molecular weight excluding hydrogens is 496 g/mol. The van der Waals surface area contributed by atoms with Gasteiger partial charge in [-0.3, -0.25) is 0 Å². The zero-order valence-corrected chi connectivity index (χ0v) is 18.9. The lowest BCUT2D eigenvalue weighted by molar-refractivity contribution is -0.425. The van der Waals surface area contributed by atoms with Crippen LogP contribution in [-0.4, -0.2) is 59.4 Å². The molecule has 0 radical (unpaired) electrons. The molecule has 1 heterocycles. The van der Waals surface area contributed by atoms with E-state index in [4.69, 9.17) is 13.0 Å². The summed E-state index contributed by atoms with van der Waals surface area (Å²) in [5, 5.41) is 48.9. The van der Waals surface area contributed by atoms with Gasteiger partial charge in [-0.1, -0.05) is 36.2 Å². The molecule has 31 heavy (non-hydrogen) atoms. The number of alkyl halides is 2. The van der Waals surface area contributed by atoms with Gasteiger partial charge >= 0.3 is 0 Å². The monoisotopic (exact) mass is 521 g/mol. The Balaban J connectivity index is 0.000000439. The molecular formula is C20H26BrClN2O7. The number of carbonyl (C=O) groups is 2. The van der Waals surface area contributed by atoms with E-state index in [0.29, 0.717) is 0 Å². The molecule has 11 heteroatoms. The number of aliphatic carboxylic acids is 1. The van der Waals surface area contributed by atoms with Crippen molar-refractivity contribution in [2.24, 2.45) is 0 Å². The molecule has 0 aliphatic heterocycles. The van der Waals surface area contributed by atoms with E-state index in [9.17, 15) is 35.1 Å². The van der Waals surface area contributed by atoms with Gasteiger partial charge in [0.05, 0.1) is 19.1 Å². The maximum absolute atomic E-state index is 11.1. The van der Waals surface area contributed by atoms with Crippen molar-refractivity contribution in [3.63, 3.8) is 0 Å². The van der Waals surface area contributed by atoms with E-state index in [1.54, 1.807) is 12.1 Å². The van der Waals surface area contributed by atoms with Gasteiger partial charge in [0, 0.05) is 5.52 Å². The molecule has 0 saturated heterocycles. The Labute approximate surface area is 193 Å². The van der Waals surface area contributed by atoms with Crippen molar-refractivity contribution in [1.29, 1.82) is 0 Å². The summed E-state index contributed by atoms with van der Waals surface area (Å²) in [7, 11) is 0. The number of carbonyl (C=O) groups excluding carboxylic acids is 2. The summed E-state index contributed by atoms with van der Waals surface area (Å²) in [6.45, 7) is 0. The summed E-state index contributed by atoms with van der Waals surface area (Å²) >= 11 is 7.92. The Bertz CT molecular complexity index is 965. The van der Waals surface area contributed by atoms with Crippen molar-refractivity contribution in [3.8, 4) is 0 Å². The highest BCUT2D eigenvalue weighted by molar-refractivity contribution is 9.10. The Hall–Kier alpha value is -1.53. The zero-order chi connectivity index (χ0) is 24.3. The first-order valence-electron chi connectivity index (χ1n) is 10.1. The number of carboxylic acids is 1. The highest BCUT2D eigenvalue weighted by Crippen LogP contribution is 2.48. The Morgan fingerprint density at radius 3 is 2.35 bits per heavy atom. The minimum absolute atomic E-state index is 0.216. The van der Waals surface area contributed by atoms with Crippen molar-refractivity contribution >= 4 is 50.7 Å². The molecule has 0 bridgehead atoms. The van der Waals surface area contributed by atoms with Gasteiger partial charge in [0.15, 0.2) is 11.9 Å². The molecule has 1 aliphatic carbocycles. The van der Waals surface area contributed by atoms with Crippen LogP contribution in [0.1, 0.15) is 39.2 Å². The fourth-order valence-electron chi connectivity index (χ4n) is 3.38. The highest BCUT2D eigenvalue weighted by atomic mass is 79.9. The lowest BCUT2D eigenvalue weighted by Crippen LogP contribution is -2.69. The number of hydrogen-bond donors (Lipinski definition) is 6. The Kier molecular flexibility index (Phi) is 7.74.